The summed E-state index contributed by atoms with van der Waals surface area (Å²) >= 11 is 22.2. The van der Waals surface area contributed by atoms with Crippen LogP contribution in [-0.2, 0) is 25.9 Å². The average molecular weight is 978 g/mol. The van der Waals surface area contributed by atoms with Gasteiger partial charge in [0.05, 0.1) is 6.61 Å². The molecule has 0 radical (unpaired) electrons. The Hall–Kier alpha value is -5.98. The fourth-order valence-electron chi connectivity index (χ4n) is 4.14. The molecule has 0 aromatic carbocycles. The van der Waals surface area contributed by atoms with E-state index in [9.17, 15) is 9.59 Å². The molecule has 0 amide bonds. The molecule has 0 unspecified atom stereocenters. The molecule has 33 heteroatoms. The molecule has 0 aliphatic rings. The topological polar surface area (TPSA) is 405 Å². The number of aryl methyl sites for hydroxylation is 3. The van der Waals surface area contributed by atoms with Crippen molar-refractivity contribution in [1.82, 2.24) is 94.8 Å². The number of anilines is 3. The summed E-state index contributed by atoms with van der Waals surface area (Å²) in [7, 11) is 8.30. The Kier molecular flexibility index (Phi) is 24.5. The van der Waals surface area contributed by atoms with Crippen molar-refractivity contribution in [2.24, 2.45) is 26.9 Å². The number of hydrogen-bond acceptors (Lipinski definition) is 24. The number of fused-ring (bicyclic) bond motifs is 3. The first-order valence-corrected chi connectivity index (χ1v) is 18.7. The zero-order chi connectivity index (χ0) is 45.9. The van der Waals surface area contributed by atoms with Crippen molar-refractivity contribution in [3.8, 4) is 0 Å². The zero-order valence-corrected chi connectivity index (χ0v) is 39.9. The van der Waals surface area contributed by atoms with Gasteiger partial charge in [-0.05, 0) is 13.5 Å². The van der Waals surface area contributed by atoms with Gasteiger partial charge in [-0.3, -0.25) is 0 Å². The molecule has 0 fully saturated rings. The summed E-state index contributed by atoms with van der Waals surface area (Å²) in [6.07, 6.45) is 8.27. The Bertz CT molecular complexity index is 2710. The van der Waals surface area contributed by atoms with Gasteiger partial charge < -0.3 is 37.8 Å². The monoisotopic (exact) mass is 975 g/mol. The first kappa shape index (κ1) is 56.0. The van der Waals surface area contributed by atoms with Gasteiger partial charge in [-0.2, -0.15) is 0 Å². The van der Waals surface area contributed by atoms with Crippen LogP contribution in [0.2, 0.25) is 20.6 Å². The van der Waals surface area contributed by atoms with E-state index in [1.807, 2.05) is 6.92 Å². The van der Waals surface area contributed by atoms with Gasteiger partial charge >= 0.3 is 41.5 Å². The number of aromatic carboxylic acids is 1. The molecule has 0 saturated carbocycles. The van der Waals surface area contributed by atoms with E-state index in [-0.39, 0.29) is 73.1 Å². The molecular weight excluding hydrogens is 939 g/mol. The second kappa shape index (κ2) is 27.9. The molecule has 0 spiro atoms. The summed E-state index contributed by atoms with van der Waals surface area (Å²) in [6.45, 7) is 2.42. The van der Waals surface area contributed by atoms with Crippen molar-refractivity contribution in [3.05, 3.63) is 63.6 Å². The van der Waals surface area contributed by atoms with Crippen molar-refractivity contribution in [2.75, 3.05) is 37.5 Å². The number of nitrogens with one attached hydrogen (secondary N) is 1. The maximum absolute atomic E-state index is 11.8. The smallest absolute Gasteiger partial charge is 0.870 e. The van der Waals surface area contributed by atoms with Gasteiger partial charge in [0, 0.05) is 28.2 Å². The van der Waals surface area contributed by atoms with E-state index >= 15 is 0 Å². The normalized spacial score (nSPS) is 9.73. The first-order valence-electron chi connectivity index (χ1n) is 17.2. The molecule has 0 saturated heterocycles. The van der Waals surface area contributed by atoms with E-state index in [0.29, 0.717) is 51.2 Å². The Balaban J connectivity index is 0.000000400. The molecule has 8 aromatic rings. The molecule has 28 nitrogen and oxygen atoms in total. The zero-order valence-electron chi connectivity index (χ0n) is 34.9. The van der Waals surface area contributed by atoms with E-state index in [0.717, 1.165) is 12.8 Å². The summed E-state index contributed by atoms with van der Waals surface area (Å²) in [4.78, 5) is 60.1. The van der Waals surface area contributed by atoms with Gasteiger partial charge in [0.2, 0.25) is 0 Å². The fourth-order valence-corrected chi connectivity index (χ4v) is 4.76. The van der Waals surface area contributed by atoms with Crippen LogP contribution in [0.1, 0.15) is 40.7 Å². The maximum Gasteiger partial charge on any atom is 1.00 e. The van der Waals surface area contributed by atoms with Crippen LogP contribution in [-0.4, -0.2) is 138 Å². The Morgan fingerprint density at radius 1 is 0.641 bits per heavy atom. The van der Waals surface area contributed by atoms with E-state index < -0.39 is 11.9 Å². The van der Waals surface area contributed by atoms with Crippen molar-refractivity contribution < 1.29 is 54.5 Å². The molecule has 336 valence electrons. The first-order chi connectivity index (χ1) is 29.7. The molecule has 8 aromatic heterocycles. The molecule has 64 heavy (non-hydrogen) atoms. The van der Waals surface area contributed by atoms with Gasteiger partial charge in [0.25, 0.3) is 0 Å². The van der Waals surface area contributed by atoms with Crippen molar-refractivity contribution in [1.29, 1.82) is 0 Å². The van der Waals surface area contributed by atoms with Crippen molar-refractivity contribution >= 4 is 109 Å². The van der Waals surface area contributed by atoms with Gasteiger partial charge in [-0.25, -0.2) is 73.5 Å². The number of nitrogen functional groups attached to an aromatic ring is 2. The second-order valence-electron chi connectivity index (χ2n) is 11.1. The Morgan fingerprint density at radius 3 is 1.47 bits per heavy atom. The number of rotatable bonds is 6. The standard InChI is InChI=1S/C10H13N5O2.C6H5N5O2.C5H4ClN5.C5H7ClN4.C4H3Cl2N3.CH5N.Na.H2O/c1-3-4-5-17-10(16)8-7-9(12-6-11-8)15(2)14-13-7;1-11-5-3(9-10-11)4(6(12)13)7-2-8-5;1-11-5-3(9-10-11)4(6)7-2-8-5;1-8-5-3(7)4(6)9-2-10-5;5-3-2(7)4(6)9-1-8-3;1-2;;/h6H,3-5H2,1-2H3;2H,1H3,(H,12,13);2H,1H3;2H,7H2,1H3,(H,8,9,10);1H,7H2;2H2,1H3;;1H2/q;;;;;;+1;/p-1. The van der Waals surface area contributed by atoms with E-state index in [2.05, 4.69) is 91.8 Å². The van der Waals surface area contributed by atoms with Gasteiger partial charge in [0.1, 0.15) is 43.0 Å². The number of nitrogens with zero attached hydrogens (tertiary/aromatic N) is 19. The summed E-state index contributed by atoms with van der Waals surface area (Å²) in [5.41, 5.74) is 18.6. The summed E-state index contributed by atoms with van der Waals surface area (Å²) in [6, 6.07) is 0. The van der Waals surface area contributed by atoms with Crippen LogP contribution in [0.15, 0.2) is 31.6 Å². The number of aromatic nitrogens is 19. The average Bonchev–Trinajstić information content (AvgIpc) is 3.98. The van der Waals surface area contributed by atoms with Gasteiger partial charge in [-0.1, -0.05) is 75.4 Å². The SMILES string of the molecule is CCCCOC(=O)c1ncnc2c1nnn2C.CN.CNc1ncnc(Cl)c1N.Cn1nnc2c(C(=O)O)ncnc21.Cn1nnc2c(Cl)ncnc21.Nc1c(Cl)ncnc1Cl.[Na+].[OH-]. The summed E-state index contributed by atoms with van der Waals surface area (Å²) < 4.78 is 9.50. The quantitative estimate of drug-likeness (QED) is 0.0583. The third-order valence-corrected chi connectivity index (χ3v) is 8.29. The predicted octanol–water partition coefficient (Wildman–Crippen LogP) is -0.895. The van der Waals surface area contributed by atoms with Crippen LogP contribution in [0.3, 0.4) is 0 Å². The number of unbranched alkanes of at least 4 members (excludes halogenated alkanes) is 1. The van der Waals surface area contributed by atoms with Crippen LogP contribution in [0.4, 0.5) is 17.2 Å². The third kappa shape index (κ3) is 15.1. The van der Waals surface area contributed by atoms with E-state index in [1.165, 1.54) is 48.0 Å². The molecule has 9 N–H and O–H groups in total. The fraction of sp³-hybridized carbons (Fsp3) is 0.290. The van der Waals surface area contributed by atoms with Crippen LogP contribution in [0, 0.1) is 0 Å². The number of halogens is 4. The summed E-state index contributed by atoms with van der Waals surface area (Å²) in [5, 5.41) is 34.9. The number of carbonyl (C=O) groups excluding carboxylic acids is 1. The molecule has 0 aliphatic carbocycles. The number of ether oxygens (including phenoxy) is 1. The Morgan fingerprint density at radius 2 is 1.03 bits per heavy atom. The number of carboxylic acids is 1. The molecule has 8 heterocycles. The van der Waals surface area contributed by atoms with Crippen LogP contribution >= 0.6 is 46.4 Å². The molecule has 0 aliphatic heterocycles. The Labute approximate surface area is 403 Å². The molecular formula is C31H38Cl4N23NaO5. The summed E-state index contributed by atoms with van der Waals surface area (Å²) in [5.74, 6) is -1.06. The number of carboxylic acid groups (broad SMARTS) is 1. The molecule has 0 bridgehead atoms. The number of carbonyl (C=O) groups is 2. The maximum atomic E-state index is 11.8. The van der Waals surface area contributed by atoms with Crippen LogP contribution < -0.4 is 52.1 Å². The van der Waals surface area contributed by atoms with Crippen LogP contribution in [0.5, 0.6) is 0 Å². The van der Waals surface area contributed by atoms with E-state index in [4.69, 9.17) is 67.7 Å². The van der Waals surface area contributed by atoms with E-state index in [1.54, 1.807) is 32.9 Å². The predicted molar refractivity (Wildman–Crippen MR) is 229 cm³/mol. The third-order valence-electron chi connectivity index (χ3n) is 7.11. The van der Waals surface area contributed by atoms with Gasteiger partial charge in [-0.15, -0.1) is 15.3 Å². The minimum Gasteiger partial charge on any atom is -0.870 e. The molecule has 0 atom stereocenters. The number of nitrogens with two attached hydrogens (primary N) is 3. The van der Waals surface area contributed by atoms with Crippen molar-refractivity contribution in [3.63, 3.8) is 0 Å². The van der Waals surface area contributed by atoms with Crippen LogP contribution in [0.25, 0.3) is 33.5 Å². The number of hydrogen-bond donors (Lipinski definition) is 5. The second-order valence-corrected chi connectivity index (χ2v) is 12.5. The minimum atomic E-state index is -1.13. The minimum absolute atomic E-state index is 0. The molecule has 8 rings (SSSR count). The largest absolute Gasteiger partial charge is 1.00 e. The van der Waals surface area contributed by atoms with Gasteiger partial charge in [0.15, 0.2) is 71.3 Å². The number of esters is 1. The van der Waals surface area contributed by atoms with Crippen molar-refractivity contribution in [2.45, 2.75) is 19.8 Å².